The summed E-state index contributed by atoms with van der Waals surface area (Å²) in [7, 11) is 0. The van der Waals surface area contributed by atoms with E-state index in [1.165, 1.54) is 32.4 Å². The Hall–Kier alpha value is -0.0400. The summed E-state index contributed by atoms with van der Waals surface area (Å²) in [6, 6.07) is 0. The van der Waals surface area contributed by atoms with E-state index in [0.29, 0.717) is 10.8 Å². The summed E-state index contributed by atoms with van der Waals surface area (Å²) < 4.78 is 0. The lowest BCUT2D eigenvalue weighted by Gasteiger charge is -2.39. The molecule has 10 heavy (non-hydrogen) atoms. The topological polar surface area (TPSA) is 12.0 Å². The van der Waals surface area contributed by atoms with Crippen molar-refractivity contribution in [3.63, 3.8) is 0 Å². The van der Waals surface area contributed by atoms with Crippen molar-refractivity contribution in [2.75, 3.05) is 13.1 Å². The summed E-state index contributed by atoms with van der Waals surface area (Å²) in [6.45, 7) is 7.37. The number of piperidine rings is 1. The normalized spacial score (nSPS) is 34.2. The second-order valence-electron chi connectivity index (χ2n) is 4.59. The zero-order chi connectivity index (χ0) is 7.24. The molecule has 58 valence electrons. The maximum absolute atomic E-state index is 3.49. The molecule has 1 heteroatoms. The quantitative estimate of drug-likeness (QED) is 0.539. The minimum absolute atomic E-state index is 0.623. The average Bonchev–Trinajstić information content (AvgIpc) is 2.59. The van der Waals surface area contributed by atoms with Gasteiger partial charge in [0, 0.05) is 6.54 Å². The predicted molar refractivity (Wildman–Crippen MR) is 42.9 cm³/mol. The molecule has 2 fully saturated rings. The van der Waals surface area contributed by atoms with Gasteiger partial charge in [-0.05, 0) is 36.6 Å². The number of nitrogens with one attached hydrogen (secondary N) is 1. The first kappa shape index (κ1) is 6.66. The third-order valence-electron chi connectivity index (χ3n) is 3.68. The van der Waals surface area contributed by atoms with Gasteiger partial charge in [-0.25, -0.2) is 0 Å². The molecule has 1 spiro atoms. The summed E-state index contributed by atoms with van der Waals surface area (Å²) in [4.78, 5) is 0. The maximum Gasteiger partial charge on any atom is 0.00129 e. The summed E-state index contributed by atoms with van der Waals surface area (Å²) in [6.07, 6.45) is 4.30. The lowest BCUT2D eigenvalue weighted by atomic mass is 9.71. The monoisotopic (exact) mass is 139 g/mol. The molecule has 2 aliphatic rings. The molecule has 0 amide bonds. The second-order valence-corrected chi connectivity index (χ2v) is 4.59. The minimum atomic E-state index is 0.623. The van der Waals surface area contributed by atoms with Crippen LogP contribution in [-0.4, -0.2) is 13.1 Å². The molecule has 0 atom stereocenters. The van der Waals surface area contributed by atoms with Gasteiger partial charge in [0.15, 0.2) is 0 Å². The molecule has 1 N–H and O–H groups in total. The highest BCUT2D eigenvalue weighted by molar-refractivity contribution is 5.06. The molecular formula is C9H17N. The van der Waals surface area contributed by atoms with Gasteiger partial charge in [-0.2, -0.15) is 0 Å². The first-order chi connectivity index (χ1) is 4.66. The van der Waals surface area contributed by atoms with Gasteiger partial charge in [0.05, 0.1) is 0 Å². The molecule has 0 aromatic heterocycles. The Kier molecular flexibility index (Phi) is 1.17. The van der Waals surface area contributed by atoms with Crippen molar-refractivity contribution in [3.8, 4) is 0 Å². The fraction of sp³-hybridized carbons (Fsp3) is 1.00. The van der Waals surface area contributed by atoms with Gasteiger partial charge in [0.1, 0.15) is 0 Å². The Labute approximate surface area is 63.2 Å². The van der Waals surface area contributed by atoms with Crippen LogP contribution in [0.5, 0.6) is 0 Å². The molecule has 0 aromatic rings. The number of hydrogen-bond donors (Lipinski definition) is 1. The van der Waals surface area contributed by atoms with E-state index in [9.17, 15) is 0 Å². The lowest BCUT2D eigenvalue weighted by Crippen LogP contribution is -2.43. The number of hydrogen-bond acceptors (Lipinski definition) is 1. The molecular weight excluding hydrogens is 122 g/mol. The van der Waals surface area contributed by atoms with Crippen molar-refractivity contribution in [1.82, 2.24) is 5.32 Å². The Morgan fingerprint density at radius 2 is 1.80 bits per heavy atom. The average molecular weight is 139 g/mol. The highest BCUT2D eigenvalue weighted by atomic mass is 14.9. The summed E-state index contributed by atoms with van der Waals surface area (Å²) in [5.41, 5.74) is 1.34. The highest BCUT2D eigenvalue weighted by Crippen LogP contribution is 2.60. The van der Waals surface area contributed by atoms with Gasteiger partial charge in [0.25, 0.3) is 0 Å². The SMILES string of the molecule is CC1(C)CCNCC12CC2. The molecule has 1 aliphatic carbocycles. The van der Waals surface area contributed by atoms with E-state index in [1.54, 1.807) is 0 Å². The Balaban J connectivity index is 2.15. The van der Waals surface area contributed by atoms with Crippen LogP contribution < -0.4 is 5.32 Å². The third-order valence-corrected chi connectivity index (χ3v) is 3.68. The first-order valence-corrected chi connectivity index (χ1v) is 4.37. The second kappa shape index (κ2) is 1.76. The zero-order valence-electron chi connectivity index (χ0n) is 7.04. The highest BCUT2D eigenvalue weighted by Gasteiger charge is 2.54. The smallest absolute Gasteiger partial charge is 0.00129 e. The lowest BCUT2D eigenvalue weighted by molar-refractivity contribution is 0.131. The van der Waals surface area contributed by atoms with Gasteiger partial charge in [-0.3, -0.25) is 0 Å². The van der Waals surface area contributed by atoms with E-state index >= 15 is 0 Å². The maximum atomic E-state index is 3.49. The minimum Gasteiger partial charge on any atom is -0.316 e. The molecule has 1 heterocycles. The molecule has 1 saturated heterocycles. The van der Waals surface area contributed by atoms with Gasteiger partial charge >= 0.3 is 0 Å². The van der Waals surface area contributed by atoms with Gasteiger partial charge in [-0.1, -0.05) is 13.8 Å². The molecule has 0 bridgehead atoms. The van der Waals surface area contributed by atoms with Crippen LogP contribution >= 0.6 is 0 Å². The predicted octanol–water partition coefficient (Wildman–Crippen LogP) is 1.79. The molecule has 1 nitrogen and oxygen atoms in total. The molecule has 2 rings (SSSR count). The molecule has 0 unspecified atom stereocenters. The van der Waals surface area contributed by atoms with Crippen LogP contribution in [0.15, 0.2) is 0 Å². The van der Waals surface area contributed by atoms with Crippen molar-refractivity contribution >= 4 is 0 Å². The Morgan fingerprint density at radius 3 is 2.20 bits per heavy atom. The van der Waals surface area contributed by atoms with Crippen LogP contribution in [0, 0.1) is 10.8 Å². The van der Waals surface area contributed by atoms with E-state index in [1.807, 2.05) is 0 Å². The van der Waals surface area contributed by atoms with Crippen molar-refractivity contribution < 1.29 is 0 Å². The summed E-state index contributed by atoms with van der Waals surface area (Å²) in [5.74, 6) is 0. The third kappa shape index (κ3) is 0.731. The van der Waals surface area contributed by atoms with Crippen LogP contribution in [0.1, 0.15) is 33.1 Å². The Bertz CT molecular complexity index is 139. The largest absolute Gasteiger partial charge is 0.316 e. The van der Waals surface area contributed by atoms with E-state index < -0.39 is 0 Å². The standard InChI is InChI=1S/C9H17N/c1-8(2)5-6-10-7-9(8)3-4-9/h10H,3-7H2,1-2H3. The van der Waals surface area contributed by atoms with Crippen molar-refractivity contribution in [2.24, 2.45) is 10.8 Å². The van der Waals surface area contributed by atoms with Crippen LogP contribution in [0.2, 0.25) is 0 Å². The fourth-order valence-electron chi connectivity index (χ4n) is 2.24. The zero-order valence-corrected chi connectivity index (χ0v) is 7.04. The van der Waals surface area contributed by atoms with Crippen LogP contribution in [0.3, 0.4) is 0 Å². The van der Waals surface area contributed by atoms with Crippen molar-refractivity contribution in [1.29, 1.82) is 0 Å². The molecule has 1 saturated carbocycles. The van der Waals surface area contributed by atoms with E-state index in [2.05, 4.69) is 19.2 Å². The first-order valence-electron chi connectivity index (χ1n) is 4.37. The Morgan fingerprint density at radius 1 is 1.10 bits per heavy atom. The van der Waals surface area contributed by atoms with Gasteiger partial charge in [-0.15, -0.1) is 0 Å². The fourth-order valence-corrected chi connectivity index (χ4v) is 2.24. The van der Waals surface area contributed by atoms with Crippen molar-refractivity contribution in [2.45, 2.75) is 33.1 Å². The van der Waals surface area contributed by atoms with E-state index in [0.717, 1.165) is 0 Å². The van der Waals surface area contributed by atoms with E-state index in [4.69, 9.17) is 0 Å². The van der Waals surface area contributed by atoms with Crippen LogP contribution in [0.25, 0.3) is 0 Å². The van der Waals surface area contributed by atoms with E-state index in [-0.39, 0.29) is 0 Å². The molecule has 0 aromatic carbocycles. The van der Waals surface area contributed by atoms with Gasteiger partial charge in [0.2, 0.25) is 0 Å². The number of rotatable bonds is 0. The van der Waals surface area contributed by atoms with Gasteiger partial charge < -0.3 is 5.32 Å². The van der Waals surface area contributed by atoms with Crippen LogP contribution in [0.4, 0.5) is 0 Å². The summed E-state index contributed by atoms with van der Waals surface area (Å²) in [5, 5.41) is 3.49. The molecule has 0 radical (unpaired) electrons. The summed E-state index contributed by atoms with van der Waals surface area (Å²) >= 11 is 0. The molecule has 1 aliphatic heterocycles. The van der Waals surface area contributed by atoms with Crippen molar-refractivity contribution in [3.05, 3.63) is 0 Å². The van der Waals surface area contributed by atoms with Crippen LogP contribution in [-0.2, 0) is 0 Å².